The SMILES string of the molecule is COc1cc2ncnc(Nc3ccc(F)c(Cl)c3)c2cc1NC(=O)C=CCN1CC2CC(C)CC2C1. The number of hydrogen-bond donors (Lipinski definition) is 2. The Labute approximate surface area is 214 Å². The van der Waals surface area contributed by atoms with Crippen LogP contribution in [0.2, 0.25) is 5.02 Å². The quantitative estimate of drug-likeness (QED) is 0.401. The number of hydrogen-bond acceptors (Lipinski definition) is 6. The van der Waals surface area contributed by atoms with Crippen LogP contribution in [0.3, 0.4) is 0 Å². The molecule has 7 nitrogen and oxygen atoms in total. The number of benzene rings is 2. The summed E-state index contributed by atoms with van der Waals surface area (Å²) in [5.41, 5.74) is 1.70. The molecule has 2 atom stereocenters. The molecule has 2 aromatic carbocycles. The fourth-order valence-electron chi connectivity index (χ4n) is 5.49. The van der Waals surface area contributed by atoms with E-state index >= 15 is 0 Å². The van der Waals surface area contributed by atoms with Crippen LogP contribution in [-0.4, -0.2) is 47.5 Å². The number of nitrogens with one attached hydrogen (secondary N) is 2. The van der Waals surface area contributed by atoms with Crippen LogP contribution in [0.25, 0.3) is 10.9 Å². The zero-order chi connectivity index (χ0) is 25.2. The van der Waals surface area contributed by atoms with Gasteiger partial charge >= 0.3 is 0 Å². The minimum absolute atomic E-state index is 0.00599. The molecule has 1 aromatic heterocycles. The highest BCUT2D eigenvalue weighted by Crippen LogP contribution is 2.41. The monoisotopic (exact) mass is 509 g/mol. The van der Waals surface area contributed by atoms with Gasteiger partial charge < -0.3 is 15.4 Å². The number of aromatic nitrogens is 2. The van der Waals surface area contributed by atoms with Gasteiger partial charge in [0.25, 0.3) is 0 Å². The molecule has 188 valence electrons. The van der Waals surface area contributed by atoms with Gasteiger partial charge in [-0.15, -0.1) is 0 Å². The molecule has 0 bridgehead atoms. The van der Waals surface area contributed by atoms with Gasteiger partial charge in [-0.1, -0.05) is 24.6 Å². The summed E-state index contributed by atoms with van der Waals surface area (Å²) >= 11 is 5.91. The van der Waals surface area contributed by atoms with Gasteiger partial charge in [-0.25, -0.2) is 14.4 Å². The van der Waals surface area contributed by atoms with Gasteiger partial charge in [0, 0.05) is 42.9 Å². The third-order valence-corrected chi connectivity index (χ3v) is 7.38. The normalized spacial score (nSPS) is 21.7. The van der Waals surface area contributed by atoms with Gasteiger partial charge in [-0.3, -0.25) is 9.69 Å². The number of likely N-dealkylation sites (tertiary alicyclic amines) is 1. The van der Waals surface area contributed by atoms with E-state index in [2.05, 4.69) is 32.4 Å². The van der Waals surface area contributed by atoms with Crippen LogP contribution in [0.4, 0.5) is 21.6 Å². The summed E-state index contributed by atoms with van der Waals surface area (Å²) in [6, 6.07) is 7.83. The third-order valence-electron chi connectivity index (χ3n) is 7.09. The minimum atomic E-state index is -0.500. The number of rotatable bonds is 7. The first-order valence-corrected chi connectivity index (χ1v) is 12.5. The second kappa shape index (κ2) is 10.4. The van der Waals surface area contributed by atoms with Crippen LogP contribution in [0.1, 0.15) is 19.8 Å². The number of halogens is 2. The van der Waals surface area contributed by atoms with Crippen LogP contribution in [0.5, 0.6) is 5.75 Å². The average molecular weight is 510 g/mol. The molecule has 3 aromatic rings. The first-order valence-electron chi connectivity index (χ1n) is 12.1. The van der Waals surface area contributed by atoms with Crippen molar-refractivity contribution in [3.8, 4) is 5.75 Å². The molecule has 0 spiro atoms. The molecule has 1 saturated heterocycles. The van der Waals surface area contributed by atoms with Crippen molar-refractivity contribution in [3.05, 3.63) is 59.7 Å². The maximum absolute atomic E-state index is 13.5. The number of carbonyl (C=O) groups excluding carboxylic acids is 1. The first-order chi connectivity index (χ1) is 17.4. The number of carbonyl (C=O) groups is 1. The highest BCUT2D eigenvalue weighted by Gasteiger charge is 2.38. The number of fused-ring (bicyclic) bond motifs is 2. The Kier molecular flexibility index (Phi) is 7.07. The third kappa shape index (κ3) is 5.29. The number of anilines is 3. The first kappa shape index (κ1) is 24.5. The highest BCUT2D eigenvalue weighted by molar-refractivity contribution is 6.31. The van der Waals surface area contributed by atoms with E-state index in [4.69, 9.17) is 16.3 Å². The van der Waals surface area contributed by atoms with Gasteiger partial charge in [-0.05, 0) is 54.9 Å². The van der Waals surface area contributed by atoms with Crippen molar-refractivity contribution in [1.29, 1.82) is 0 Å². The second-order valence-corrected chi connectivity index (χ2v) is 10.2. The van der Waals surface area contributed by atoms with Crippen molar-refractivity contribution in [2.24, 2.45) is 17.8 Å². The zero-order valence-corrected chi connectivity index (χ0v) is 21.1. The molecule has 2 heterocycles. The molecule has 1 saturated carbocycles. The Balaban J connectivity index is 1.29. The van der Waals surface area contributed by atoms with Gasteiger partial charge in [0.2, 0.25) is 5.91 Å². The fourth-order valence-corrected chi connectivity index (χ4v) is 5.67. The van der Waals surface area contributed by atoms with Crippen molar-refractivity contribution in [1.82, 2.24) is 14.9 Å². The van der Waals surface area contributed by atoms with Crippen LogP contribution in [-0.2, 0) is 4.79 Å². The van der Waals surface area contributed by atoms with E-state index in [1.165, 1.54) is 31.3 Å². The number of nitrogens with zero attached hydrogens (tertiary/aromatic N) is 3. The summed E-state index contributed by atoms with van der Waals surface area (Å²) in [6.07, 6.45) is 7.55. The van der Waals surface area contributed by atoms with E-state index in [1.54, 1.807) is 31.4 Å². The Morgan fingerprint density at radius 3 is 2.72 bits per heavy atom. The Morgan fingerprint density at radius 1 is 1.22 bits per heavy atom. The summed E-state index contributed by atoms with van der Waals surface area (Å²) in [6.45, 7) is 5.35. The van der Waals surface area contributed by atoms with Gasteiger partial charge in [0.05, 0.1) is 23.3 Å². The molecule has 2 unspecified atom stereocenters. The lowest BCUT2D eigenvalue weighted by atomic mass is 10.0. The lowest BCUT2D eigenvalue weighted by Gasteiger charge is -2.15. The predicted octanol–water partition coefficient (Wildman–Crippen LogP) is 5.65. The number of methoxy groups -OCH3 is 1. The van der Waals surface area contributed by atoms with Crippen molar-refractivity contribution in [2.45, 2.75) is 19.8 Å². The Hall–Kier alpha value is -3.23. The largest absolute Gasteiger partial charge is 0.494 e. The van der Waals surface area contributed by atoms with E-state index < -0.39 is 5.82 Å². The standard InChI is InChI=1S/C27H29ClFN5O2/c1-16-8-17-13-34(14-18(17)9-16)7-3-4-26(35)33-24-11-20-23(12-25(24)36-2)30-15-31-27(20)32-19-5-6-22(29)21(28)10-19/h3-6,10-12,15-18H,7-9,13-14H2,1-2H3,(H,33,35)(H,30,31,32). The van der Waals surface area contributed by atoms with Crippen LogP contribution < -0.4 is 15.4 Å². The van der Waals surface area contributed by atoms with E-state index in [0.717, 1.165) is 37.4 Å². The molecule has 1 aliphatic carbocycles. The van der Waals surface area contributed by atoms with Crippen molar-refractivity contribution >= 4 is 45.6 Å². The lowest BCUT2D eigenvalue weighted by molar-refractivity contribution is -0.111. The zero-order valence-electron chi connectivity index (χ0n) is 20.3. The second-order valence-electron chi connectivity index (χ2n) is 9.75. The van der Waals surface area contributed by atoms with Gasteiger partial charge in [0.1, 0.15) is 23.7 Å². The van der Waals surface area contributed by atoms with Crippen molar-refractivity contribution in [3.63, 3.8) is 0 Å². The maximum atomic E-state index is 13.5. The molecule has 0 radical (unpaired) electrons. The predicted molar refractivity (Wildman–Crippen MR) is 140 cm³/mol. The number of amides is 1. The summed E-state index contributed by atoms with van der Waals surface area (Å²) in [5, 5.41) is 6.72. The minimum Gasteiger partial charge on any atom is -0.494 e. The Morgan fingerprint density at radius 2 is 2.00 bits per heavy atom. The van der Waals surface area contributed by atoms with E-state index in [9.17, 15) is 9.18 Å². The molecular weight excluding hydrogens is 481 g/mol. The fraction of sp³-hybridized carbons (Fsp3) is 0.370. The average Bonchev–Trinajstić information content (AvgIpc) is 3.38. The smallest absolute Gasteiger partial charge is 0.248 e. The number of ether oxygens (including phenoxy) is 1. The van der Waals surface area contributed by atoms with E-state index in [0.29, 0.717) is 33.8 Å². The summed E-state index contributed by atoms with van der Waals surface area (Å²) in [5.74, 6) is 2.69. The summed E-state index contributed by atoms with van der Waals surface area (Å²) in [7, 11) is 1.54. The molecule has 2 fully saturated rings. The summed E-state index contributed by atoms with van der Waals surface area (Å²) in [4.78, 5) is 23.8. The molecule has 1 amide bonds. The molecule has 2 N–H and O–H groups in total. The highest BCUT2D eigenvalue weighted by atomic mass is 35.5. The molecule has 1 aliphatic heterocycles. The summed E-state index contributed by atoms with van der Waals surface area (Å²) < 4.78 is 19.0. The molecule has 2 aliphatic rings. The molecular formula is C27H29ClFN5O2. The molecule has 5 rings (SSSR count). The molecule has 9 heteroatoms. The van der Waals surface area contributed by atoms with E-state index in [1.807, 2.05) is 6.08 Å². The van der Waals surface area contributed by atoms with Crippen molar-refractivity contribution < 1.29 is 13.9 Å². The lowest BCUT2D eigenvalue weighted by Crippen LogP contribution is -2.22. The van der Waals surface area contributed by atoms with Crippen LogP contribution in [0, 0.1) is 23.6 Å². The van der Waals surface area contributed by atoms with Crippen molar-refractivity contribution in [2.75, 3.05) is 37.4 Å². The Bertz CT molecular complexity index is 1300. The van der Waals surface area contributed by atoms with Gasteiger partial charge in [0.15, 0.2) is 0 Å². The van der Waals surface area contributed by atoms with Crippen LogP contribution in [0.15, 0.2) is 48.8 Å². The van der Waals surface area contributed by atoms with Gasteiger partial charge in [-0.2, -0.15) is 0 Å². The maximum Gasteiger partial charge on any atom is 0.248 e. The topological polar surface area (TPSA) is 79.4 Å². The molecule has 36 heavy (non-hydrogen) atoms. The van der Waals surface area contributed by atoms with E-state index in [-0.39, 0.29) is 10.9 Å². The van der Waals surface area contributed by atoms with Crippen LogP contribution >= 0.6 is 11.6 Å².